The van der Waals surface area contributed by atoms with Crippen molar-refractivity contribution in [2.45, 2.75) is 26.5 Å². The molecule has 1 amide bonds. The summed E-state index contributed by atoms with van der Waals surface area (Å²) in [6.07, 6.45) is 1.10. The van der Waals surface area contributed by atoms with Gasteiger partial charge in [0.1, 0.15) is 0 Å². The highest BCUT2D eigenvalue weighted by molar-refractivity contribution is 14.0. The summed E-state index contributed by atoms with van der Waals surface area (Å²) in [6, 6.07) is 17.9. The SMILES string of the molecule is CCNC(=NCc1cccc(C(=O)NC)c1)N1CCC(COCc2ccccc2)C1.I. The van der Waals surface area contributed by atoms with Gasteiger partial charge in [-0.3, -0.25) is 4.79 Å². The highest BCUT2D eigenvalue weighted by Gasteiger charge is 2.25. The van der Waals surface area contributed by atoms with E-state index in [1.165, 1.54) is 5.56 Å². The molecule has 1 unspecified atom stereocenters. The van der Waals surface area contributed by atoms with Crippen LogP contribution in [0.15, 0.2) is 59.6 Å². The van der Waals surface area contributed by atoms with Crippen molar-refractivity contribution in [2.75, 3.05) is 33.3 Å². The highest BCUT2D eigenvalue weighted by Crippen LogP contribution is 2.18. The summed E-state index contributed by atoms with van der Waals surface area (Å²) >= 11 is 0. The van der Waals surface area contributed by atoms with Crippen LogP contribution in [0.2, 0.25) is 0 Å². The van der Waals surface area contributed by atoms with Crippen LogP contribution in [0.5, 0.6) is 0 Å². The third-order valence-corrected chi connectivity index (χ3v) is 5.21. The lowest BCUT2D eigenvalue weighted by molar-refractivity contribution is 0.0906. The van der Waals surface area contributed by atoms with Crippen molar-refractivity contribution in [3.63, 3.8) is 0 Å². The van der Waals surface area contributed by atoms with E-state index >= 15 is 0 Å². The van der Waals surface area contributed by atoms with Gasteiger partial charge in [-0.2, -0.15) is 0 Å². The zero-order valence-corrected chi connectivity index (χ0v) is 20.7. The largest absolute Gasteiger partial charge is 0.376 e. The Labute approximate surface area is 202 Å². The number of carbonyl (C=O) groups is 1. The van der Waals surface area contributed by atoms with Crippen LogP contribution >= 0.6 is 24.0 Å². The topological polar surface area (TPSA) is 66.0 Å². The third-order valence-electron chi connectivity index (χ3n) is 5.21. The number of aliphatic imine (C=N–C) groups is 1. The van der Waals surface area contributed by atoms with Crippen LogP contribution in [0.3, 0.4) is 0 Å². The van der Waals surface area contributed by atoms with Crippen molar-refractivity contribution < 1.29 is 9.53 Å². The number of amides is 1. The number of nitrogens with one attached hydrogen (secondary N) is 2. The van der Waals surface area contributed by atoms with E-state index in [0.29, 0.717) is 24.6 Å². The fraction of sp³-hybridized carbons (Fsp3) is 0.417. The van der Waals surface area contributed by atoms with Crippen LogP contribution < -0.4 is 10.6 Å². The van der Waals surface area contributed by atoms with Gasteiger partial charge in [0, 0.05) is 38.2 Å². The molecule has 1 heterocycles. The summed E-state index contributed by atoms with van der Waals surface area (Å²) in [5.41, 5.74) is 2.89. The van der Waals surface area contributed by atoms with Crippen molar-refractivity contribution >= 4 is 35.8 Å². The molecule has 0 bridgehead atoms. The first kappa shape index (κ1) is 25.1. The van der Waals surface area contributed by atoms with Gasteiger partial charge in [-0.05, 0) is 36.6 Å². The lowest BCUT2D eigenvalue weighted by Crippen LogP contribution is -2.40. The number of hydrogen-bond donors (Lipinski definition) is 2. The molecular formula is C24H33IN4O2. The maximum Gasteiger partial charge on any atom is 0.251 e. The second kappa shape index (κ2) is 13.3. The summed E-state index contributed by atoms with van der Waals surface area (Å²) in [5, 5.41) is 6.06. The highest BCUT2D eigenvalue weighted by atomic mass is 127. The van der Waals surface area contributed by atoms with Crippen molar-refractivity contribution in [1.29, 1.82) is 0 Å². The number of benzene rings is 2. The van der Waals surface area contributed by atoms with E-state index in [9.17, 15) is 4.79 Å². The van der Waals surface area contributed by atoms with Gasteiger partial charge in [-0.15, -0.1) is 24.0 Å². The lowest BCUT2D eigenvalue weighted by atomic mass is 10.1. The average molecular weight is 536 g/mol. The molecule has 3 rings (SSSR count). The molecule has 0 radical (unpaired) electrons. The van der Waals surface area contributed by atoms with E-state index in [2.05, 4.69) is 34.6 Å². The number of likely N-dealkylation sites (tertiary alicyclic amines) is 1. The molecule has 1 fully saturated rings. The number of nitrogens with zero attached hydrogens (tertiary/aromatic N) is 2. The fourth-order valence-electron chi connectivity index (χ4n) is 3.63. The first-order valence-corrected chi connectivity index (χ1v) is 10.7. The summed E-state index contributed by atoms with van der Waals surface area (Å²) in [4.78, 5) is 19.0. The molecule has 1 aliphatic rings. The quantitative estimate of drug-likeness (QED) is 0.307. The van der Waals surface area contributed by atoms with Crippen LogP contribution in [-0.2, 0) is 17.9 Å². The van der Waals surface area contributed by atoms with E-state index in [-0.39, 0.29) is 29.9 Å². The van der Waals surface area contributed by atoms with Gasteiger partial charge in [-0.1, -0.05) is 42.5 Å². The van der Waals surface area contributed by atoms with Crippen LogP contribution in [0.4, 0.5) is 0 Å². The minimum atomic E-state index is -0.0781. The molecule has 31 heavy (non-hydrogen) atoms. The molecule has 0 aromatic heterocycles. The van der Waals surface area contributed by atoms with E-state index in [1.807, 2.05) is 42.5 Å². The smallest absolute Gasteiger partial charge is 0.251 e. The van der Waals surface area contributed by atoms with Gasteiger partial charge < -0.3 is 20.3 Å². The van der Waals surface area contributed by atoms with Crippen molar-refractivity contribution in [2.24, 2.45) is 10.9 Å². The number of halogens is 1. The van der Waals surface area contributed by atoms with E-state index < -0.39 is 0 Å². The van der Waals surface area contributed by atoms with Crippen molar-refractivity contribution in [1.82, 2.24) is 15.5 Å². The summed E-state index contributed by atoms with van der Waals surface area (Å²) in [5.74, 6) is 1.35. The standard InChI is InChI=1S/C24H32N4O2.HI/c1-3-26-24(27-15-20-10-7-11-22(14-20)23(29)25-2)28-13-12-21(16-28)18-30-17-19-8-5-4-6-9-19;/h4-11,14,21H,3,12-13,15-18H2,1-2H3,(H,25,29)(H,26,27);1H. The van der Waals surface area contributed by atoms with E-state index in [4.69, 9.17) is 9.73 Å². The Balaban J connectivity index is 0.00000341. The molecule has 1 aliphatic heterocycles. The summed E-state index contributed by atoms with van der Waals surface area (Å²) < 4.78 is 5.94. The van der Waals surface area contributed by atoms with Crippen molar-refractivity contribution in [3.05, 3.63) is 71.3 Å². The van der Waals surface area contributed by atoms with Crippen LogP contribution in [-0.4, -0.2) is 50.1 Å². The second-order valence-electron chi connectivity index (χ2n) is 7.55. The van der Waals surface area contributed by atoms with Gasteiger partial charge in [0.25, 0.3) is 5.91 Å². The molecule has 7 heteroatoms. The Morgan fingerprint density at radius 2 is 1.94 bits per heavy atom. The van der Waals surface area contributed by atoms with Gasteiger partial charge in [0.05, 0.1) is 19.8 Å². The number of carbonyl (C=O) groups excluding carboxylic acids is 1. The monoisotopic (exact) mass is 536 g/mol. The molecule has 0 spiro atoms. The predicted octanol–water partition coefficient (Wildman–Crippen LogP) is 3.67. The first-order valence-electron chi connectivity index (χ1n) is 10.7. The predicted molar refractivity (Wildman–Crippen MR) is 136 cm³/mol. The van der Waals surface area contributed by atoms with Gasteiger partial charge >= 0.3 is 0 Å². The second-order valence-corrected chi connectivity index (χ2v) is 7.55. The minimum absolute atomic E-state index is 0. The Morgan fingerprint density at radius 1 is 1.16 bits per heavy atom. The Bertz CT molecular complexity index is 844. The molecule has 0 aliphatic carbocycles. The molecule has 2 N–H and O–H groups in total. The Kier molecular flexibility index (Phi) is 10.8. The zero-order valence-electron chi connectivity index (χ0n) is 18.3. The fourth-order valence-corrected chi connectivity index (χ4v) is 3.63. The van der Waals surface area contributed by atoms with E-state index in [0.717, 1.165) is 44.2 Å². The Hall–Kier alpha value is -2.13. The molecular weight excluding hydrogens is 503 g/mol. The summed E-state index contributed by atoms with van der Waals surface area (Å²) in [7, 11) is 1.64. The van der Waals surface area contributed by atoms with Gasteiger partial charge in [-0.25, -0.2) is 4.99 Å². The minimum Gasteiger partial charge on any atom is -0.376 e. The third kappa shape index (κ3) is 7.81. The first-order chi connectivity index (χ1) is 14.7. The van der Waals surface area contributed by atoms with Crippen molar-refractivity contribution in [3.8, 4) is 0 Å². The molecule has 2 aromatic carbocycles. The van der Waals surface area contributed by atoms with E-state index in [1.54, 1.807) is 7.05 Å². The zero-order chi connectivity index (χ0) is 21.2. The summed E-state index contributed by atoms with van der Waals surface area (Å²) in [6.45, 7) is 6.79. The maximum absolute atomic E-state index is 11.8. The maximum atomic E-state index is 11.8. The molecule has 1 saturated heterocycles. The molecule has 168 valence electrons. The van der Waals surface area contributed by atoms with Crippen LogP contribution in [0.25, 0.3) is 0 Å². The van der Waals surface area contributed by atoms with Crippen LogP contribution in [0, 0.1) is 5.92 Å². The Morgan fingerprint density at radius 3 is 2.68 bits per heavy atom. The number of ether oxygens (including phenoxy) is 1. The number of hydrogen-bond acceptors (Lipinski definition) is 3. The van der Waals surface area contributed by atoms with Crippen LogP contribution in [0.1, 0.15) is 34.8 Å². The number of rotatable bonds is 8. The molecule has 6 nitrogen and oxygen atoms in total. The molecule has 0 saturated carbocycles. The van der Waals surface area contributed by atoms with Gasteiger partial charge in [0.15, 0.2) is 5.96 Å². The molecule has 1 atom stereocenters. The molecule has 2 aromatic rings. The normalized spacial score (nSPS) is 16.0. The average Bonchev–Trinajstić information content (AvgIpc) is 3.25. The number of guanidine groups is 1. The lowest BCUT2D eigenvalue weighted by Gasteiger charge is -2.21. The van der Waals surface area contributed by atoms with Gasteiger partial charge in [0.2, 0.25) is 0 Å².